The van der Waals surface area contributed by atoms with Crippen LogP contribution in [0, 0.1) is 0 Å². The van der Waals surface area contributed by atoms with Gasteiger partial charge in [0.15, 0.2) is 5.79 Å². The lowest BCUT2D eigenvalue weighted by Gasteiger charge is -2.54. The maximum atomic E-state index is 11.0. The van der Waals surface area contributed by atoms with E-state index in [-0.39, 0.29) is 12.0 Å². The predicted octanol–water partition coefficient (Wildman–Crippen LogP) is -0.358. The van der Waals surface area contributed by atoms with Gasteiger partial charge in [0.05, 0.1) is 31.7 Å². The molecule has 0 radical (unpaired) electrons. The minimum absolute atomic E-state index is 0.191. The number of rotatable bonds is 3. The minimum atomic E-state index is -0.732. The Balaban J connectivity index is 1.72. The first-order valence-corrected chi connectivity index (χ1v) is 6.60. The lowest BCUT2D eigenvalue weighted by molar-refractivity contribution is -0.207. The Morgan fingerprint density at radius 3 is 2.61 bits per heavy atom. The lowest BCUT2D eigenvalue weighted by atomic mass is 9.84. The fraction of sp³-hybridized carbons (Fsp3) is 0.917. The molecule has 1 spiro atoms. The number of aliphatic carboxylic acids is 1. The largest absolute Gasteiger partial charge is 0.481 e. The van der Waals surface area contributed by atoms with E-state index in [0.29, 0.717) is 19.8 Å². The summed E-state index contributed by atoms with van der Waals surface area (Å²) >= 11 is 0. The molecule has 0 atom stereocenters. The van der Waals surface area contributed by atoms with Gasteiger partial charge >= 0.3 is 5.97 Å². The Morgan fingerprint density at radius 2 is 2.06 bits per heavy atom. The normalized spacial score (nSPS) is 30.2. The predicted molar refractivity (Wildman–Crippen MR) is 63.3 cm³/mol. The first-order valence-electron chi connectivity index (χ1n) is 6.60. The summed E-state index contributed by atoms with van der Waals surface area (Å²) in [7, 11) is 0. The van der Waals surface area contributed by atoms with Crippen molar-refractivity contribution in [3.05, 3.63) is 0 Å². The van der Waals surface area contributed by atoms with Gasteiger partial charge < -0.3 is 19.9 Å². The van der Waals surface area contributed by atoms with Gasteiger partial charge in [-0.05, 0) is 13.0 Å². The van der Waals surface area contributed by atoms with Gasteiger partial charge in [0, 0.05) is 19.5 Å². The van der Waals surface area contributed by atoms with Crippen LogP contribution >= 0.6 is 0 Å². The van der Waals surface area contributed by atoms with Crippen LogP contribution in [-0.4, -0.2) is 66.7 Å². The number of nitrogens with zero attached hydrogens (tertiary/aromatic N) is 1. The fourth-order valence-electron chi connectivity index (χ4n) is 3.28. The monoisotopic (exact) mass is 256 g/mol. The highest BCUT2D eigenvalue weighted by Crippen LogP contribution is 2.35. The van der Waals surface area contributed by atoms with Gasteiger partial charge in [-0.3, -0.25) is 9.69 Å². The first-order chi connectivity index (χ1) is 8.64. The van der Waals surface area contributed by atoms with Crippen LogP contribution in [0.1, 0.15) is 19.3 Å². The van der Waals surface area contributed by atoms with Crippen molar-refractivity contribution in [1.29, 1.82) is 0 Å². The molecule has 3 aliphatic heterocycles. The van der Waals surface area contributed by atoms with E-state index < -0.39 is 11.8 Å². The highest BCUT2D eigenvalue weighted by atomic mass is 16.7. The summed E-state index contributed by atoms with van der Waals surface area (Å²) in [5, 5.41) is 12.3. The van der Waals surface area contributed by atoms with Gasteiger partial charge in [-0.1, -0.05) is 0 Å². The number of piperidine rings is 1. The Morgan fingerprint density at radius 1 is 1.33 bits per heavy atom. The highest BCUT2D eigenvalue weighted by molar-refractivity contribution is 5.68. The second-order valence-corrected chi connectivity index (χ2v) is 5.53. The van der Waals surface area contributed by atoms with E-state index >= 15 is 0 Å². The maximum absolute atomic E-state index is 11.0. The van der Waals surface area contributed by atoms with Crippen molar-refractivity contribution < 1.29 is 19.4 Å². The van der Waals surface area contributed by atoms with E-state index in [9.17, 15) is 4.79 Å². The topological polar surface area (TPSA) is 71.0 Å². The average Bonchev–Trinajstić information content (AvgIpc) is 2.71. The number of carboxylic acids is 1. The first kappa shape index (κ1) is 12.3. The summed E-state index contributed by atoms with van der Waals surface area (Å²) in [6, 6.07) is 0. The van der Waals surface area contributed by atoms with Crippen molar-refractivity contribution in [2.75, 3.05) is 39.4 Å². The second-order valence-electron chi connectivity index (χ2n) is 5.53. The quantitative estimate of drug-likeness (QED) is 0.719. The molecule has 3 aliphatic rings. The molecule has 3 fully saturated rings. The van der Waals surface area contributed by atoms with Crippen LogP contribution < -0.4 is 5.32 Å². The minimum Gasteiger partial charge on any atom is -0.481 e. The zero-order chi connectivity index (χ0) is 12.6. The molecule has 0 aromatic rings. The SMILES string of the molecule is O=C(O)CC1(N2CCCC3(C2)OCCO3)CNC1. The van der Waals surface area contributed by atoms with Crippen molar-refractivity contribution in [2.24, 2.45) is 0 Å². The highest BCUT2D eigenvalue weighted by Gasteiger charge is 2.50. The van der Waals surface area contributed by atoms with Crippen molar-refractivity contribution in [3.63, 3.8) is 0 Å². The summed E-state index contributed by atoms with van der Waals surface area (Å²) in [6.45, 7) is 4.42. The molecular weight excluding hydrogens is 236 g/mol. The number of nitrogens with one attached hydrogen (secondary N) is 1. The van der Waals surface area contributed by atoms with Crippen molar-refractivity contribution in [2.45, 2.75) is 30.6 Å². The number of hydrogen-bond donors (Lipinski definition) is 2. The molecule has 0 bridgehead atoms. The van der Waals surface area contributed by atoms with Crippen LogP contribution in [0.5, 0.6) is 0 Å². The van der Waals surface area contributed by atoms with Crippen LogP contribution in [0.15, 0.2) is 0 Å². The third kappa shape index (κ3) is 2.03. The number of carboxylic acid groups (broad SMARTS) is 1. The van der Waals surface area contributed by atoms with E-state index in [2.05, 4.69) is 10.2 Å². The van der Waals surface area contributed by atoms with Crippen LogP contribution in [0.2, 0.25) is 0 Å². The molecule has 2 N–H and O–H groups in total. The molecule has 0 unspecified atom stereocenters. The molecule has 0 saturated carbocycles. The summed E-state index contributed by atoms with van der Waals surface area (Å²) in [6.07, 6.45) is 2.11. The number of hydrogen-bond acceptors (Lipinski definition) is 5. The van der Waals surface area contributed by atoms with E-state index in [1.165, 1.54) is 0 Å². The molecule has 3 heterocycles. The van der Waals surface area contributed by atoms with E-state index in [1.54, 1.807) is 0 Å². The van der Waals surface area contributed by atoms with Crippen molar-refractivity contribution in [3.8, 4) is 0 Å². The van der Waals surface area contributed by atoms with E-state index in [0.717, 1.165) is 32.5 Å². The molecule has 6 heteroatoms. The van der Waals surface area contributed by atoms with Gasteiger partial charge in [-0.15, -0.1) is 0 Å². The lowest BCUT2D eigenvalue weighted by Crippen LogP contribution is -2.72. The van der Waals surface area contributed by atoms with Gasteiger partial charge in [0.2, 0.25) is 0 Å². The van der Waals surface area contributed by atoms with Crippen LogP contribution in [0.4, 0.5) is 0 Å². The van der Waals surface area contributed by atoms with Crippen molar-refractivity contribution in [1.82, 2.24) is 10.2 Å². The number of likely N-dealkylation sites (tertiary alicyclic amines) is 1. The molecule has 0 aromatic heterocycles. The maximum Gasteiger partial charge on any atom is 0.305 e. The zero-order valence-corrected chi connectivity index (χ0v) is 10.5. The Bertz CT molecular complexity index is 337. The van der Waals surface area contributed by atoms with Crippen molar-refractivity contribution >= 4 is 5.97 Å². The molecule has 6 nitrogen and oxygen atoms in total. The molecule has 18 heavy (non-hydrogen) atoms. The van der Waals surface area contributed by atoms with Gasteiger partial charge in [-0.2, -0.15) is 0 Å². The smallest absolute Gasteiger partial charge is 0.305 e. The van der Waals surface area contributed by atoms with Crippen LogP contribution in [-0.2, 0) is 14.3 Å². The molecule has 0 aromatic carbocycles. The summed E-state index contributed by atoms with van der Waals surface area (Å²) < 4.78 is 11.5. The van der Waals surface area contributed by atoms with Gasteiger partial charge in [0.25, 0.3) is 0 Å². The molecule has 102 valence electrons. The zero-order valence-electron chi connectivity index (χ0n) is 10.5. The summed E-state index contributed by atoms with van der Waals surface area (Å²) in [5.74, 6) is -1.20. The summed E-state index contributed by atoms with van der Waals surface area (Å²) in [5.41, 5.74) is -0.242. The average molecular weight is 256 g/mol. The Kier molecular flexibility index (Phi) is 3.05. The molecule has 3 saturated heterocycles. The third-order valence-corrected chi connectivity index (χ3v) is 4.29. The number of ether oxygens (including phenoxy) is 2. The Hall–Kier alpha value is -0.690. The van der Waals surface area contributed by atoms with E-state index in [4.69, 9.17) is 14.6 Å². The van der Waals surface area contributed by atoms with E-state index in [1.807, 2.05) is 0 Å². The molecule has 0 aliphatic carbocycles. The standard InChI is InChI=1S/C12H20N2O4/c15-10(16)6-11(7-13-8-11)14-3-1-2-12(9-14)17-4-5-18-12/h13H,1-9H2,(H,15,16). The Labute approximate surface area is 106 Å². The molecule has 3 rings (SSSR count). The van der Waals surface area contributed by atoms with Crippen LogP contribution in [0.3, 0.4) is 0 Å². The van der Waals surface area contributed by atoms with Crippen LogP contribution in [0.25, 0.3) is 0 Å². The molecule has 0 amide bonds. The second kappa shape index (κ2) is 4.45. The van der Waals surface area contributed by atoms with Gasteiger partial charge in [0.1, 0.15) is 0 Å². The summed E-state index contributed by atoms with van der Waals surface area (Å²) in [4.78, 5) is 13.3. The number of carbonyl (C=O) groups is 1. The third-order valence-electron chi connectivity index (χ3n) is 4.29. The van der Waals surface area contributed by atoms with Gasteiger partial charge in [-0.25, -0.2) is 0 Å². The fourth-order valence-corrected chi connectivity index (χ4v) is 3.28. The molecular formula is C12H20N2O4.